The van der Waals surface area contributed by atoms with E-state index in [0.717, 1.165) is 5.56 Å². The number of carbonyl (C=O) groups is 2. The molecule has 2 atom stereocenters. The lowest BCUT2D eigenvalue weighted by molar-refractivity contribution is -0.686. The third-order valence-corrected chi connectivity index (χ3v) is 4.76. The van der Waals surface area contributed by atoms with E-state index in [1.54, 1.807) is 19.1 Å². The highest BCUT2D eigenvalue weighted by Crippen LogP contribution is 2.27. The Kier molecular flexibility index (Phi) is 6.38. The Balaban J connectivity index is 1.87. The molecule has 2 amide bonds. The highest BCUT2D eigenvalue weighted by Gasteiger charge is 2.36. The van der Waals surface area contributed by atoms with E-state index in [-0.39, 0.29) is 12.6 Å². The molecule has 0 spiro atoms. The highest BCUT2D eigenvalue weighted by molar-refractivity contribution is 6.30. The number of hydrogen-bond donors (Lipinski definition) is 3. The van der Waals surface area contributed by atoms with Crippen molar-refractivity contribution in [1.82, 2.24) is 10.6 Å². The molecule has 0 bridgehead atoms. The third-order valence-electron chi connectivity index (χ3n) is 4.53. The SMILES string of the molecule is CCOC(=O)C1=C(C[NH2+][C@H](C)c2cccc(Cl)c2)NC(=O)N[C@@H]1c1ccco1. The summed E-state index contributed by atoms with van der Waals surface area (Å²) in [5.74, 6) is -0.0199. The first kappa shape index (κ1) is 20.0. The minimum Gasteiger partial charge on any atom is -0.467 e. The van der Waals surface area contributed by atoms with Crippen LogP contribution in [0.2, 0.25) is 5.02 Å². The van der Waals surface area contributed by atoms with Gasteiger partial charge in [-0.3, -0.25) is 0 Å². The lowest BCUT2D eigenvalue weighted by atomic mass is 9.99. The van der Waals surface area contributed by atoms with E-state index in [1.807, 2.05) is 36.5 Å². The molecule has 28 heavy (non-hydrogen) atoms. The molecule has 0 aliphatic carbocycles. The van der Waals surface area contributed by atoms with Crippen LogP contribution in [0.4, 0.5) is 4.79 Å². The normalized spacial score (nSPS) is 17.7. The van der Waals surface area contributed by atoms with Crippen LogP contribution >= 0.6 is 11.6 Å². The summed E-state index contributed by atoms with van der Waals surface area (Å²) >= 11 is 6.07. The summed E-state index contributed by atoms with van der Waals surface area (Å²) in [6, 6.07) is 10.00. The fraction of sp³-hybridized carbons (Fsp3) is 0.300. The molecule has 2 aromatic rings. The quantitative estimate of drug-likeness (QED) is 0.617. The minimum absolute atomic E-state index is 0.0727. The Morgan fingerprint density at radius 1 is 1.36 bits per heavy atom. The zero-order chi connectivity index (χ0) is 20.1. The van der Waals surface area contributed by atoms with Gasteiger partial charge in [0.2, 0.25) is 0 Å². The van der Waals surface area contributed by atoms with E-state index < -0.39 is 18.0 Å². The maximum absolute atomic E-state index is 12.6. The average Bonchev–Trinajstić information content (AvgIpc) is 3.20. The number of urea groups is 1. The van der Waals surface area contributed by atoms with E-state index in [2.05, 4.69) is 10.6 Å². The molecule has 1 aromatic heterocycles. The van der Waals surface area contributed by atoms with Gasteiger partial charge in [0.05, 0.1) is 24.1 Å². The predicted molar refractivity (Wildman–Crippen MR) is 103 cm³/mol. The molecule has 7 nitrogen and oxygen atoms in total. The Labute approximate surface area is 168 Å². The number of halogens is 1. The second kappa shape index (κ2) is 8.95. The maximum atomic E-state index is 12.6. The van der Waals surface area contributed by atoms with Gasteiger partial charge in [0.15, 0.2) is 0 Å². The van der Waals surface area contributed by atoms with Gasteiger partial charge in [-0.2, -0.15) is 0 Å². The number of benzene rings is 1. The van der Waals surface area contributed by atoms with Crippen LogP contribution in [0, 0.1) is 0 Å². The number of nitrogens with one attached hydrogen (secondary N) is 2. The van der Waals surface area contributed by atoms with Gasteiger partial charge in [0, 0.05) is 10.6 Å². The predicted octanol–water partition coefficient (Wildman–Crippen LogP) is 2.43. The van der Waals surface area contributed by atoms with Crippen molar-refractivity contribution in [1.29, 1.82) is 0 Å². The number of amides is 2. The standard InChI is InChI=1S/C20H22ClN3O4/c1-3-27-19(25)17-15(11-22-12(2)13-6-4-7-14(21)10-13)23-20(26)24-18(17)16-8-5-9-28-16/h4-10,12,18,22H,3,11H2,1-2H3,(H2,23,24,26)/p+1/t12-,18-/m1/s1. The number of rotatable bonds is 7. The summed E-state index contributed by atoms with van der Waals surface area (Å²) in [4.78, 5) is 24.8. The van der Waals surface area contributed by atoms with Crippen molar-refractivity contribution in [2.45, 2.75) is 25.9 Å². The van der Waals surface area contributed by atoms with Gasteiger partial charge in [0.1, 0.15) is 24.4 Å². The van der Waals surface area contributed by atoms with E-state index in [4.69, 9.17) is 20.8 Å². The van der Waals surface area contributed by atoms with Gasteiger partial charge >= 0.3 is 12.0 Å². The first-order valence-corrected chi connectivity index (χ1v) is 9.47. The van der Waals surface area contributed by atoms with Crippen LogP contribution in [-0.4, -0.2) is 25.2 Å². The molecule has 1 aliphatic heterocycles. The van der Waals surface area contributed by atoms with Crippen LogP contribution in [0.5, 0.6) is 0 Å². The molecular weight excluding hydrogens is 382 g/mol. The Bertz CT molecular complexity index is 879. The first-order valence-electron chi connectivity index (χ1n) is 9.09. The van der Waals surface area contributed by atoms with E-state index in [0.29, 0.717) is 28.6 Å². The molecule has 4 N–H and O–H groups in total. The molecule has 0 radical (unpaired) electrons. The lowest BCUT2D eigenvalue weighted by Gasteiger charge is -2.27. The van der Waals surface area contributed by atoms with E-state index in [9.17, 15) is 9.59 Å². The van der Waals surface area contributed by atoms with Gasteiger partial charge < -0.3 is 25.1 Å². The first-order chi connectivity index (χ1) is 13.5. The summed E-state index contributed by atoms with van der Waals surface area (Å²) in [6.07, 6.45) is 1.50. The van der Waals surface area contributed by atoms with Gasteiger partial charge in [0.25, 0.3) is 0 Å². The van der Waals surface area contributed by atoms with Crippen LogP contribution in [0.15, 0.2) is 58.3 Å². The van der Waals surface area contributed by atoms with Crippen LogP contribution in [0.1, 0.15) is 37.3 Å². The molecule has 8 heteroatoms. The minimum atomic E-state index is -0.701. The number of esters is 1. The number of ether oxygens (including phenoxy) is 1. The van der Waals surface area contributed by atoms with Crippen molar-refractivity contribution in [2.24, 2.45) is 0 Å². The van der Waals surface area contributed by atoms with Crippen LogP contribution in [-0.2, 0) is 9.53 Å². The van der Waals surface area contributed by atoms with E-state index in [1.165, 1.54) is 6.26 Å². The smallest absolute Gasteiger partial charge is 0.338 e. The Hall–Kier alpha value is -2.77. The second-order valence-corrected chi connectivity index (χ2v) is 6.88. The average molecular weight is 405 g/mol. The van der Waals surface area contributed by atoms with Crippen LogP contribution in [0.3, 0.4) is 0 Å². The molecule has 0 saturated carbocycles. The Morgan fingerprint density at radius 3 is 2.86 bits per heavy atom. The number of furan rings is 1. The molecule has 148 valence electrons. The van der Waals surface area contributed by atoms with Crippen LogP contribution < -0.4 is 16.0 Å². The molecular formula is C20H23ClN3O4+. The van der Waals surface area contributed by atoms with Gasteiger partial charge in [-0.05, 0) is 38.1 Å². The Morgan fingerprint density at radius 2 is 2.18 bits per heavy atom. The van der Waals surface area contributed by atoms with Crippen molar-refractivity contribution in [3.8, 4) is 0 Å². The zero-order valence-electron chi connectivity index (χ0n) is 15.7. The number of nitrogens with two attached hydrogens (primary N) is 1. The molecule has 1 aromatic carbocycles. The summed E-state index contributed by atoms with van der Waals surface area (Å²) in [7, 11) is 0. The second-order valence-electron chi connectivity index (χ2n) is 6.44. The number of hydrogen-bond acceptors (Lipinski definition) is 4. The highest BCUT2D eigenvalue weighted by atomic mass is 35.5. The largest absolute Gasteiger partial charge is 0.467 e. The van der Waals surface area contributed by atoms with Gasteiger partial charge in [-0.15, -0.1) is 0 Å². The summed E-state index contributed by atoms with van der Waals surface area (Å²) in [5.41, 5.74) is 1.89. The number of carbonyl (C=O) groups excluding carboxylic acids is 2. The molecule has 0 unspecified atom stereocenters. The summed E-state index contributed by atoms with van der Waals surface area (Å²) < 4.78 is 10.6. The fourth-order valence-electron chi connectivity index (χ4n) is 3.12. The van der Waals surface area contributed by atoms with Crippen molar-refractivity contribution >= 4 is 23.6 Å². The monoisotopic (exact) mass is 404 g/mol. The summed E-state index contributed by atoms with van der Waals surface area (Å²) in [5, 5.41) is 8.16. The number of quaternary nitrogens is 1. The zero-order valence-corrected chi connectivity index (χ0v) is 16.5. The van der Waals surface area contributed by atoms with Gasteiger partial charge in [-0.1, -0.05) is 23.7 Å². The van der Waals surface area contributed by atoms with Crippen LogP contribution in [0.25, 0.3) is 0 Å². The fourth-order valence-corrected chi connectivity index (χ4v) is 3.32. The van der Waals surface area contributed by atoms with Crippen molar-refractivity contribution in [3.05, 3.63) is 70.3 Å². The molecule has 1 aliphatic rings. The molecule has 2 heterocycles. The molecule has 0 fully saturated rings. The van der Waals surface area contributed by atoms with Crippen molar-refractivity contribution in [3.63, 3.8) is 0 Å². The molecule has 3 rings (SSSR count). The molecule has 0 saturated heterocycles. The lowest BCUT2D eigenvalue weighted by Crippen LogP contribution is -2.86. The van der Waals surface area contributed by atoms with Crippen molar-refractivity contribution in [2.75, 3.05) is 13.2 Å². The summed E-state index contributed by atoms with van der Waals surface area (Å²) in [6.45, 7) is 4.38. The third kappa shape index (κ3) is 4.55. The van der Waals surface area contributed by atoms with Crippen molar-refractivity contribution < 1.29 is 24.1 Å². The maximum Gasteiger partial charge on any atom is 0.338 e. The topological polar surface area (TPSA) is 97.2 Å². The van der Waals surface area contributed by atoms with E-state index >= 15 is 0 Å². The van der Waals surface area contributed by atoms with Gasteiger partial charge in [-0.25, -0.2) is 9.59 Å².